The van der Waals surface area contributed by atoms with Crippen molar-refractivity contribution in [2.24, 2.45) is 0 Å². The lowest BCUT2D eigenvalue weighted by Crippen LogP contribution is -2.56. The van der Waals surface area contributed by atoms with Crippen LogP contribution in [0, 0.1) is 10.1 Å². The molecule has 0 spiro atoms. The van der Waals surface area contributed by atoms with E-state index in [-0.39, 0.29) is 11.9 Å². The molecule has 0 bridgehead atoms. The Balaban J connectivity index is 1.43. The molecule has 0 saturated carbocycles. The Morgan fingerprint density at radius 3 is 2.50 bits per heavy atom. The quantitative estimate of drug-likeness (QED) is 0.403. The average molecular weight is 421 g/mol. The van der Waals surface area contributed by atoms with Crippen LogP contribution in [0.4, 0.5) is 16.3 Å². The second-order valence-electron chi connectivity index (χ2n) is 8.07. The van der Waals surface area contributed by atoms with Gasteiger partial charge in [-0.1, -0.05) is 13.3 Å². The fourth-order valence-electron chi connectivity index (χ4n) is 3.91. The van der Waals surface area contributed by atoms with E-state index in [4.69, 9.17) is 4.74 Å². The number of aliphatic hydroxyl groups is 1. The normalized spacial score (nSPS) is 19.5. The Labute approximate surface area is 176 Å². The number of hydrogen-bond acceptors (Lipinski definition) is 8. The molecule has 10 heteroatoms. The molecule has 30 heavy (non-hydrogen) atoms. The first-order valence-corrected chi connectivity index (χ1v) is 10.6. The summed E-state index contributed by atoms with van der Waals surface area (Å²) < 4.78 is 5.27. The van der Waals surface area contributed by atoms with Crippen LogP contribution in [0.3, 0.4) is 0 Å². The first-order valence-electron chi connectivity index (χ1n) is 10.6. The number of β-amino-alcohol motifs (C(OH)–C–C–N with tert-alkyl or cyclic N) is 1. The molecule has 1 amide bonds. The summed E-state index contributed by atoms with van der Waals surface area (Å²) in [6, 6.07) is 3.11. The summed E-state index contributed by atoms with van der Waals surface area (Å²) in [5.41, 5.74) is 0.0620. The molecule has 3 heterocycles. The van der Waals surface area contributed by atoms with Gasteiger partial charge in [-0.2, -0.15) is 0 Å². The molecule has 2 aliphatic heterocycles. The molecule has 0 aliphatic carbocycles. The largest absolute Gasteiger partial charge is 0.449 e. The van der Waals surface area contributed by atoms with E-state index in [0.717, 1.165) is 31.6 Å². The van der Waals surface area contributed by atoms with Crippen molar-refractivity contribution in [3.63, 3.8) is 0 Å². The van der Waals surface area contributed by atoms with Crippen LogP contribution < -0.4 is 4.90 Å². The van der Waals surface area contributed by atoms with Crippen molar-refractivity contribution in [1.29, 1.82) is 0 Å². The van der Waals surface area contributed by atoms with Crippen molar-refractivity contribution in [2.75, 3.05) is 57.3 Å². The van der Waals surface area contributed by atoms with Gasteiger partial charge in [0.05, 0.1) is 17.9 Å². The van der Waals surface area contributed by atoms with Crippen LogP contribution in [0.25, 0.3) is 0 Å². The van der Waals surface area contributed by atoms with E-state index in [9.17, 15) is 20.0 Å². The van der Waals surface area contributed by atoms with Gasteiger partial charge < -0.3 is 29.8 Å². The molecule has 0 atom stereocenters. The Hall–Kier alpha value is -2.46. The fourth-order valence-corrected chi connectivity index (χ4v) is 3.91. The molecule has 1 aromatic rings. The molecule has 0 aromatic carbocycles. The number of nitro groups is 1. The number of hydrogen-bond donors (Lipinski definition) is 1. The van der Waals surface area contributed by atoms with Gasteiger partial charge in [0, 0.05) is 51.9 Å². The van der Waals surface area contributed by atoms with Gasteiger partial charge >= 0.3 is 11.9 Å². The summed E-state index contributed by atoms with van der Waals surface area (Å²) in [6.45, 7) is 7.11. The van der Waals surface area contributed by atoms with Crippen molar-refractivity contribution in [1.82, 2.24) is 14.8 Å². The number of unbranched alkanes of at least 4 members (excludes halogenated alkanes) is 1. The smallest absolute Gasteiger partial charge is 0.409 e. The average Bonchev–Trinajstić information content (AvgIpc) is 2.75. The highest BCUT2D eigenvalue weighted by Crippen LogP contribution is 2.28. The SMILES string of the molecule is CCCCOC(=O)N1CCN(CC2(O)CCN(c3ccc([N+](=O)[O-])nc3)CC2)CC1. The topological polar surface area (TPSA) is 112 Å². The third-order valence-corrected chi connectivity index (χ3v) is 5.85. The highest BCUT2D eigenvalue weighted by molar-refractivity contribution is 5.67. The molecule has 166 valence electrons. The molecule has 0 unspecified atom stereocenters. The lowest BCUT2D eigenvalue weighted by Gasteiger charge is -2.43. The van der Waals surface area contributed by atoms with Crippen LogP contribution in [0.5, 0.6) is 0 Å². The van der Waals surface area contributed by atoms with E-state index in [2.05, 4.69) is 21.7 Å². The monoisotopic (exact) mass is 421 g/mol. The molecule has 1 aromatic heterocycles. The predicted octanol–water partition coefficient (Wildman–Crippen LogP) is 1.88. The molecule has 2 fully saturated rings. The standard InChI is InChI=1S/C20H31N5O5/c1-2-3-14-30-19(26)24-12-10-22(11-13-24)16-20(27)6-8-23(9-7-20)17-4-5-18(21-15-17)25(28)29/h4-5,15,27H,2-3,6-14,16H2,1H3. The molecule has 0 radical (unpaired) electrons. The number of piperazine rings is 1. The number of carbonyl (C=O) groups excluding carboxylic acids is 1. The minimum atomic E-state index is -0.769. The van der Waals surface area contributed by atoms with Crippen molar-refractivity contribution in [3.05, 3.63) is 28.4 Å². The Bertz CT molecular complexity index is 713. The van der Waals surface area contributed by atoms with Crippen molar-refractivity contribution < 1.29 is 19.6 Å². The number of ether oxygens (including phenoxy) is 1. The molecule has 1 N–H and O–H groups in total. The van der Waals surface area contributed by atoms with Crippen LogP contribution in [0.15, 0.2) is 18.3 Å². The molecule has 2 saturated heterocycles. The number of anilines is 1. The molecule has 2 aliphatic rings. The zero-order chi connectivity index (χ0) is 21.6. The van der Waals surface area contributed by atoms with Crippen LogP contribution in [-0.2, 0) is 4.74 Å². The number of piperidine rings is 1. The van der Waals surface area contributed by atoms with Gasteiger partial charge in [0.2, 0.25) is 0 Å². The number of nitrogens with zero attached hydrogens (tertiary/aromatic N) is 5. The Kier molecular flexibility index (Phi) is 7.43. The molecular formula is C20H31N5O5. The maximum atomic E-state index is 12.0. The maximum Gasteiger partial charge on any atom is 0.409 e. The minimum Gasteiger partial charge on any atom is -0.449 e. The Morgan fingerprint density at radius 1 is 1.23 bits per heavy atom. The van der Waals surface area contributed by atoms with Crippen LogP contribution in [0.1, 0.15) is 32.6 Å². The summed E-state index contributed by atoms with van der Waals surface area (Å²) in [5.74, 6) is -0.166. The Morgan fingerprint density at radius 2 is 1.93 bits per heavy atom. The summed E-state index contributed by atoms with van der Waals surface area (Å²) in [4.78, 5) is 32.2. The third kappa shape index (κ3) is 5.79. The predicted molar refractivity (Wildman–Crippen MR) is 112 cm³/mol. The number of rotatable bonds is 7. The lowest BCUT2D eigenvalue weighted by atomic mass is 9.90. The van der Waals surface area contributed by atoms with Gasteiger partial charge in [0.15, 0.2) is 6.20 Å². The summed E-state index contributed by atoms with van der Waals surface area (Å²) in [5, 5.41) is 21.8. The lowest BCUT2D eigenvalue weighted by molar-refractivity contribution is -0.389. The van der Waals surface area contributed by atoms with E-state index >= 15 is 0 Å². The highest BCUT2D eigenvalue weighted by atomic mass is 16.6. The maximum absolute atomic E-state index is 12.0. The van der Waals surface area contributed by atoms with E-state index in [1.165, 1.54) is 12.3 Å². The second kappa shape index (κ2) is 10.0. The number of aromatic nitrogens is 1. The molecule has 10 nitrogen and oxygen atoms in total. The van der Waals surface area contributed by atoms with Gasteiger partial charge in [-0.15, -0.1) is 0 Å². The summed E-state index contributed by atoms with van der Waals surface area (Å²) in [6.07, 6.45) is 4.38. The number of pyridine rings is 1. The van der Waals surface area contributed by atoms with E-state index in [0.29, 0.717) is 52.2 Å². The summed E-state index contributed by atoms with van der Waals surface area (Å²) in [7, 11) is 0. The third-order valence-electron chi connectivity index (χ3n) is 5.85. The number of amides is 1. The van der Waals surface area contributed by atoms with Crippen molar-refractivity contribution in [3.8, 4) is 0 Å². The zero-order valence-electron chi connectivity index (χ0n) is 17.5. The first-order chi connectivity index (χ1) is 14.4. The highest BCUT2D eigenvalue weighted by Gasteiger charge is 2.35. The summed E-state index contributed by atoms with van der Waals surface area (Å²) >= 11 is 0. The molecular weight excluding hydrogens is 390 g/mol. The van der Waals surface area contributed by atoms with Gasteiger partial charge in [-0.25, -0.2) is 4.79 Å². The van der Waals surface area contributed by atoms with Crippen LogP contribution >= 0.6 is 0 Å². The van der Waals surface area contributed by atoms with Gasteiger partial charge in [-0.3, -0.25) is 4.90 Å². The van der Waals surface area contributed by atoms with E-state index in [1.54, 1.807) is 11.0 Å². The van der Waals surface area contributed by atoms with Gasteiger partial charge in [0.25, 0.3) is 0 Å². The van der Waals surface area contributed by atoms with E-state index < -0.39 is 10.5 Å². The minimum absolute atomic E-state index is 0.166. The fraction of sp³-hybridized carbons (Fsp3) is 0.700. The van der Waals surface area contributed by atoms with Crippen LogP contribution in [-0.4, -0.2) is 88.9 Å². The van der Waals surface area contributed by atoms with Gasteiger partial charge in [-0.05, 0) is 35.2 Å². The van der Waals surface area contributed by atoms with Crippen molar-refractivity contribution in [2.45, 2.75) is 38.2 Å². The second-order valence-corrected chi connectivity index (χ2v) is 8.07. The zero-order valence-corrected chi connectivity index (χ0v) is 17.5. The number of carbonyl (C=O) groups is 1. The van der Waals surface area contributed by atoms with Gasteiger partial charge in [0.1, 0.15) is 0 Å². The van der Waals surface area contributed by atoms with E-state index in [1.807, 2.05) is 0 Å². The molecule has 3 rings (SSSR count). The first kappa shape index (κ1) is 22.2. The van der Waals surface area contributed by atoms with Crippen molar-refractivity contribution >= 4 is 17.6 Å². The van der Waals surface area contributed by atoms with Crippen LogP contribution in [0.2, 0.25) is 0 Å².